The molecule has 0 unspecified atom stereocenters. The van der Waals surface area contributed by atoms with Crippen LogP contribution in [0.5, 0.6) is 0 Å². The molecule has 0 radical (unpaired) electrons. The predicted octanol–water partition coefficient (Wildman–Crippen LogP) is 5.09. The van der Waals surface area contributed by atoms with Crippen LogP contribution in [0, 0.1) is 9.49 Å². The molecule has 0 heterocycles. The molecule has 3 aromatic carbocycles. The molecule has 39 heavy (non-hydrogen) atoms. The lowest BCUT2D eigenvalue weighted by molar-refractivity contribution is -0.130. The number of nitrogens with one attached hydrogen (secondary N) is 2. The third-order valence-corrected chi connectivity index (χ3v) is 7.85. The van der Waals surface area contributed by atoms with Crippen molar-refractivity contribution < 1.29 is 24.2 Å². The van der Waals surface area contributed by atoms with Gasteiger partial charge in [-0.15, -0.1) is 0 Å². The zero-order valence-corrected chi connectivity index (χ0v) is 24.4. The minimum atomic E-state index is -0.857. The van der Waals surface area contributed by atoms with E-state index in [-0.39, 0.29) is 12.5 Å². The maximum atomic E-state index is 13.3. The summed E-state index contributed by atoms with van der Waals surface area (Å²) in [6, 6.07) is 19.1. The molecule has 0 fully saturated rings. The van der Waals surface area contributed by atoms with Gasteiger partial charge in [0.05, 0.1) is 6.61 Å². The molecule has 8 nitrogen and oxygen atoms in total. The first kappa shape index (κ1) is 28.6. The smallest absolute Gasteiger partial charge is 0.411 e. The average Bonchev–Trinajstić information content (AvgIpc) is 3.22. The second-order valence-corrected chi connectivity index (χ2v) is 11.1. The Morgan fingerprint density at radius 1 is 0.949 bits per heavy atom. The van der Waals surface area contributed by atoms with Gasteiger partial charge in [-0.3, -0.25) is 14.5 Å². The van der Waals surface area contributed by atoms with Crippen LogP contribution in [-0.2, 0) is 20.9 Å². The standard InChI is InChI=1S/C30H32IN3O5/c1-17(2)26(29(37)32-18(3)28(36)33-20-14-13-19(16-35)25(31)15-20)34(4)30(38)39-27-23-11-7-5-9-21(23)22-10-6-8-12-24(22)27/h5-15,17-18,26-27,35H,16H2,1-4H3,(H,32,37)(H,33,36)/t18-,26-/m0/s1. The summed E-state index contributed by atoms with van der Waals surface area (Å²) >= 11 is 2.09. The number of amides is 3. The molecule has 3 aromatic rings. The number of anilines is 1. The van der Waals surface area contributed by atoms with Crippen LogP contribution in [0.2, 0.25) is 0 Å². The number of hydrogen-bond acceptors (Lipinski definition) is 5. The molecule has 0 bridgehead atoms. The van der Waals surface area contributed by atoms with E-state index >= 15 is 0 Å². The summed E-state index contributed by atoms with van der Waals surface area (Å²) in [4.78, 5) is 40.7. The molecule has 204 valence electrons. The summed E-state index contributed by atoms with van der Waals surface area (Å²) in [5.74, 6) is -1.10. The number of carbonyl (C=O) groups is 3. The minimum Gasteiger partial charge on any atom is -0.436 e. The Bertz CT molecular complexity index is 1350. The fourth-order valence-electron chi connectivity index (χ4n) is 4.83. The lowest BCUT2D eigenvalue weighted by atomic mass is 10.0. The molecule has 0 saturated carbocycles. The molecule has 1 aliphatic carbocycles. The number of fused-ring (bicyclic) bond motifs is 3. The van der Waals surface area contributed by atoms with Gasteiger partial charge in [0.1, 0.15) is 12.1 Å². The van der Waals surface area contributed by atoms with Crippen LogP contribution in [0.4, 0.5) is 10.5 Å². The highest BCUT2D eigenvalue weighted by molar-refractivity contribution is 14.1. The molecule has 0 spiro atoms. The summed E-state index contributed by atoms with van der Waals surface area (Å²) in [5, 5.41) is 14.9. The second-order valence-electron chi connectivity index (χ2n) is 9.92. The highest BCUT2D eigenvalue weighted by Crippen LogP contribution is 2.45. The molecule has 0 aromatic heterocycles. The number of aliphatic hydroxyl groups excluding tert-OH is 1. The van der Waals surface area contributed by atoms with E-state index in [1.54, 1.807) is 25.1 Å². The van der Waals surface area contributed by atoms with Crippen molar-refractivity contribution in [1.82, 2.24) is 10.2 Å². The lowest BCUT2D eigenvalue weighted by Crippen LogP contribution is -2.54. The zero-order valence-electron chi connectivity index (χ0n) is 22.3. The monoisotopic (exact) mass is 641 g/mol. The number of nitrogens with zero attached hydrogens (tertiary/aromatic N) is 1. The fraction of sp³-hybridized carbons (Fsp3) is 0.300. The molecule has 0 saturated heterocycles. The van der Waals surface area contributed by atoms with Crippen molar-refractivity contribution in [3.05, 3.63) is 87.0 Å². The van der Waals surface area contributed by atoms with E-state index in [4.69, 9.17) is 4.74 Å². The Morgan fingerprint density at radius 2 is 1.54 bits per heavy atom. The van der Waals surface area contributed by atoms with E-state index in [1.165, 1.54) is 11.9 Å². The van der Waals surface area contributed by atoms with Gasteiger partial charge in [-0.05, 0) is 64.3 Å². The summed E-state index contributed by atoms with van der Waals surface area (Å²) in [5.41, 5.74) is 5.16. The Hall–Kier alpha value is -3.44. The van der Waals surface area contributed by atoms with Crippen molar-refractivity contribution in [3.63, 3.8) is 0 Å². The van der Waals surface area contributed by atoms with Crippen LogP contribution < -0.4 is 10.6 Å². The number of rotatable bonds is 8. The largest absolute Gasteiger partial charge is 0.436 e. The Balaban J connectivity index is 1.44. The summed E-state index contributed by atoms with van der Waals surface area (Å²) in [6.45, 7) is 5.17. The van der Waals surface area contributed by atoms with E-state index in [0.29, 0.717) is 5.69 Å². The van der Waals surface area contributed by atoms with Crippen molar-refractivity contribution in [3.8, 4) is 11.1 Å². The third-order valence-electron chi connectivity index (χ3n) is 6.84. The fourth-order valence-corrected chi connectivity index (χ4v) is 5.51. The molecule has 0 aliphatic heterocycles. The number of hydrogen-bond donors (Lipinski definition) is 3. The summed E-state index contributed by atoms with van der Waals surface area (Å²) < 4.78 is 6.79. The van der Waals surface area contributed by atoms with Gasteiger partial charge >= 0.3 is 6.09 Å². The normalized spacial score (nSPS) is 13.7. The van der Waals surface area contributed by atoms with E-state index in [1.807, 2.05) is 62.4 Å². The molecular formula is C30H32IN3O5. The van der Waals surface area contributed by atoms with Crippen molar-refractivity contribution in [2.45, 2.75) is 45.6 Å². The molecule has 2 atom stereocenters. The van der Waals surface area contributed by atoms with Crippen molar-refractivity contribution in [2.24, 2.45) is 5.92 Å². The molecule has 3 amide bonds. The van der Waals surface area contributed by atoms with Gasteiger partial charge in [-0.2, -0.15) is 0 Å². The molecule has 1 aliphatic rings. The SMILES string of the molecule is CC(C)[C@@H](C(=O)N[C@@H](C)C(=O)Nc1ccc(CO)c(I)c1)N(C)C(=O)OC1c2ccccc2-c2ccccc21. The van der Waals surface area contributed by atoms with Crippen LogP contribution in [0.1, 0.15) is 43.6 Å². The Morgan fingerprint density at radius 3 is 2.08 bits per heavy atom. The van der Waals surface area contributed by atoms with Crippen LogP contribution in [0.3, 0.4) is 0 Å². The van der Waals surface area contributed by atoms with E-state index < -0.39 is 36.1 Å². The maximum Gasteiger partial charge on any atom is 0.411 e. The molecule has 9 heteroatoms. The molecule has 3 N–H and O–H groups in total. The number of likely N-dealkylation sites (N-methyl/N-ethyl adjacent to an activating group) is 1. The van der Waals surface area contributed by atoms with Gasteiger partial charge in [0, 0.05) is 27.4 Å². The van der Waals surface area contributed by atoms with Crippen LogP contribution >= 0.6 is 22.6 Å². The first-order chi connectivity index (χ1) is 18.6. The maximum absolute atomic E-state index is 13.3. The van der Waals surface area contributed by atoms with Crippen molar-refractivity contribution in [1.29, 1.82) is 0 Å². The quantitative estimate of drug-likeness (QED) is 0.297. The van der Waals surface area contributed by atoms with Gasteiger partial charge in [-0.25, -0.2) is 4.79 Å². The zero-order chi connectivity index (χ0) is 28.3. The third kappa shape index (κ3) is 6.09. The minimum absolute atomic E-state index is 0.0920. The van der Waals surface area contributed by atoms with Gasteiger partial charge < -0.3 is 20.5 Å². The Labute approximate surface area is 241 Å². The van der Waals surface area contributed by atoms with Crippen LogP contribution in [0.15, 0.2) is 66.7 Å². The van der Waals surface area contributed by atoms with Crippen LogP contribution in [0.25, 0.3) is 11.1 Å². The predicted molar refractivity (Wildman–Crippen MR) is 158 cm³/mol. The Kier molecular flexibility index (Phi) is 8.91. The highest BCUT2D eigenvalue weighted by atomic mass is 127. The van der Waals surface area contributed by atoms with E-state index in [9.17, 15) is 19.5 Å². The topological polar surface area (TPSA) is 108 Å². The highest BCUT2D eigenvalue weighted by Gasteiger charge is 2.36. The first-order valence-corrected chi connectivity index (χ1v) is 13.8. The van der Waals surface area contributed by atoms with Gasteiger partial charge in [0.25, 0.3) is 0 Å². The molecular weight excluding hydrogens is 609 g/mol. The average molecular weight is 642 g/mol. The second kappa shape index (κ2) is 12.2. The number of aliphatic hydroxyl groups is 1. The number of benzene rings is 3. The number of ether oxygens (including phenoxy) is 1. The van der Waals surface area contributed by atoms with Crippen molar-refractivity contribution >= 4 is 46.2 Å². The lowest BCUT2D eigenvalue weighted by Gasteiger charge is -2.31. The van der Waals surface area contributed by atoms with E-state index in [2.05, 4.69) is 33.2 Å². The summed E-state index contributed by atoms with van der Waals surface area (Å²) in [7, 11) is 1.54. The van der Waals surface area contributed by atoms with Gasteiger partial charge in [0.15, 0.2) is 6.10 Å². The van der Waals surface area contributed by atoms with Crippen LogP contribution in [-0.4, -0.2) is 47.0 Å². The first-order valence-electron chi connectivity index (χ1n) is 12.7. The number of carbonyl (C=O) groups excluding carboxylic acids is 3. The number of halogens is 1. The van der Waals surface area contributed by atoms with E-state index in [0.717, 1.165) is 31.4 Å². The van der Waals surface area contributed by atoms with Gasteiger partial charge in [-0.1, -0.05) is 68.4 Å². The van der Waals surface area contributed by atoms with Gasteiger partial charge in [0.2, 0.25) is 11.8 Å². The van der Waals surface area contributed by atoms with Crippen molar-refractivity contribution in [2.75, 3.05) is 12.4 Å². The molecule has 4 rings (SSSR count). The summed E-state index contributed by atoms with van der Waals surface area (Å²) in [6.07, 6.45) is -1.20.